The maximum Gasteiger partial charge on any atom is 0.131 e. The Kier molecular flexibility index (Phi) is 3.72. The minimum absolute atomic E-state index is 0.225. The predicted molar refractivity (Wildman–Crippen MR) is 62.8 cm³/mol. The number of benzene rings is 1. The highest BCUT2D eigenvalue weighted by Gasteiger charge is 2.18. The van der Waals surface area contributed by atoms with Crippen LogP contribution in [0.25, 0.3) is 0 Å². The van der Waals surface area contributed by atoms with Crippen molar-refractivity contribution in [3.05, 3.63) is 53.6 Å². The number of hydrogen-bond donors (Lipinski definition) is 1. The van der Waals surface area contributed by atoms with Crippen LogP contribution >= 0.6 is 0 Å². The highest BCUT2D eigenvalue weighted by molar-refractivity contribution is 5.22. The molecule has 1 atom stereocenters. The summed E-state index contributed by atoms with van der Waals surface area (Å²) in [5.41, 5.74) is -0.272. The van der Waals surface area contributed by atoms with E-state index in [1.54, 1.807) is 12.4 Å². The summed E-state index contributed by atoms with van der Waals surface area (Å²) in [6, 6.07) is 3.56. The Bertz CT molecular complexity index is 519. The van der Waals surface area contributed by atoms with Crippen molar-refractivity contribution in [3.8, 4) is 0 Å². The molecule has 0 aliphatic carbocycles. The van der Waals surface area contributed by atoms with Crippen molar-refractivity contribution in [3.63, 3.8) is 0 Å². The van der Waals surface area contributed by atoms with Crippen LogP contribution in [0.15, 0.2) is 30.6 Å². The molecule has 0 saturated carbocycles. The number of aromatic nitrogens is 2. The molecule has 0 bridgehead atoms. The zero-order valence-corrected chi connectivity index (χ0v) is 9.98. The van der Waals surface area contributed by atoms with Crippen molar-refractivity contribution in [2.24, 2.45) is 7.05 Å². The van der Waals surface area contributed by atoms with Gasteiger partial charge in [-0.2, -0.15) is 0 Å². The SMILES string of the molecule is Cn1ccnc1CCC(O)c1c(F)cccc1F. The van der Waals surface area contributed by atoms with Gasteiger partial charge >= 0.3 is 0 Å². The molecule has 2 rings (SSSR count). The number of aliphatic hydroxyl groups is 1. The minimum Gasteiger partial charge on any atom is -0.388 e. The lowest BCUT2D eigenvalue weighted by Gasteiger charge is -2.12. The summed E-state index contributed by atoms with van der Waals surface area (Å²) < 4.78 is 28.7. The van der Waals surface area contributed by atoms with Gasteiger partial charge in [-0.3, -0.25) is 0 Å². The average molecular weight is 252 g/mol. The van der Waals surface area contributed by atoms with Gasteiger partial charge in [-0.05, 0) is 18.6 Å². The Morgan fingerprint density at radius 3 is 2.56 bits per heavy atom. The van der Waals surface area contributed by atoms with E-state index in [2.05, 4.69) is 4.98 Å². The first kappa shape index (κ1) is 12.7. The topological polar surface area (TPSA) is 38.0 Å². The molecule has 0 spiro atoms. The number of nitrogens with zero attached hydrogens (tertiary/aromatic N) is 2. The van der Waals surface area contributed by atoms with Crippen molar-refractivity contribution in [1.82, 2.24) is 9.55 Å². The molecule has 0 aliphatic rings. The van der Waals surface area contributed by atoms with E-state index < -0.39 is 17.7 Å². The third-order valence-corrected chi connectivity index (χ3v) is 2.90. The first-order chi connectivity index (χ1) is 8.59. The van der Waals surface area contributed by atoms with Crippen LogP contribution in [0.1, 0.15) is 23.9 Å². The van der Waals surface area contributed by atoms with Gasteiger partial charge in [0.15, 0.2) is 0 Å². The van der Waals surface area contributed by atoms with Crippen molar-refractivity contribution >= 4 is 0 Å². The highest BCUT2D eigenvalue weighted by Crippen LogP contribution is 2.24. The quantitative estimate of drug-likeness (QED) is 0.907. The Labute approximate surface area is 104 Å². The van der Waals surface area contributed by atoms with Gasteiger partial charge < -0.3 is 9.67 Å². The number of halogens is 2. The molecule has 1 aromatic carbocycles. The number of aliphatic hydroxyl groups excluding tert-OH is 1. The van der Waals surface area contributed by atoms with Crippen LogP contribution in [0.5, 0.6) is 0 Å². The van der Waals surface area contributed by atoms with Gasteiger partial charge in [-0.25, -0.2) is 13.8 Å². The zero-order valence-electron chi connectivity index (χ0n) is 9.98. The molecule has 5 heteroatoms. The molecule has 96 valence electrons. The Morgan fingerprint density at radius 2 is 2.00 bits per heavy atom. The fraction of sp³-hybridized carbons (Fsp3) is 0.308. The van der Waals surface area contributed by atoms with Gasteiger partial charge in [0.2, 0.25) is 0 Å². The van der Waals surface area contributed by atoms with E-state index in [1.165, 1.54) is 6.07 Å². The molecule has 0 saturated heterocycles. The summed E-state index contributed by atoms with van der Waals surface area (Å²) in [6.07, 6.45) is 2.95. The number of rotatable bonds is 4. The third kappa shape index (κ3) is 2.56. The van der Waals surface area contributed by atoms with Crippen LogP contribution in [-0.2, 0) is 13.5 Å². The molecule has 1 unspecified atom stereocenters. The molecular formula is C13H14F2N2O. The average Bonchev–Trinajstić information content (AvgIpc) is 2.72. The van der Waals surface area contributed by atoms with Crippen LogP contribution in [0.3, 0.4) is 0 Å². The second-order valence-electron chi connectivity index (χ2n) is 4.14. The molecule has 1 N–H and O–H groups in total. The summed E-state index contributed by atoms with van der Waals surface area (Å²) in [5, 5.41) is 9.85. The van der Waals surface area contributed by atoms with Crippen LogP contribution in [0, 0.1) is 11.6 Å². The molecule has 0 fully saturated rings. The van der Waals surface area contributed by atoms with Crippen molar-refractivity contribution in [1.29, 1.82) is 0 Å². The number of hydrogen-bond acceptors (Lipinski definition) is 2. The molecule has 0 radical (unpaired) electrons. The lowest BCUT2D eigenvalue weighted by Crippen LogP contribution is -2.07. The van der Waals surface area contributed by atoms with Gasteiger partial charge in [0.1, 0.15) is 17.5 Å². The second kappa shape index (κ2) is 5.27. The second-order valence-corrected chi connectivity index (χ2v) is 4.14. The third-order valence-electron chi connectivity index (χ3n) is 2.90. The summed E-state index contributed by atoms with van der Waals surface area (Å²) in [6.45, 7) is 0. The first-order valence-electron chi connectivity index (χ1n) is 5.67. The van der Waals surface area contributed by atoms with Gasteiger partial charge in [0, 0.05) is 25.9 Å². The summed E-state index contributed by atoms with van der Waals surface area (Å²) in [4.78, 5) is 4.09. The molecule has 1 aromatic heterocycles. The first-order valence-corrected chi connectivity index (χ1v) is 5.67. The molecule has 2 aromatic rings. The van der Waals surface area contributed by atoms with Gasteiger partial charge in [0.25, 0.3) is 0 Å². The molecular weight excluding hydrogens is 238 g/mol. The summed E-state index contributed by atoms with van der Waals surface area (Å²) in [5.74, 6) is -0.671. The van der Waals surface area contributed by atoms with Crippen LogP contribution in [0.2, 0.25) is 0 Å². The van der Waals surface area contributed by atoms with Crippen LogP contribution in [-0.4, -0.2) is 14.7 Å². The highest BCUT2D eigenvalue weighted by atomic mass is 19.1. The Hall–Kier alpha value is -1.75. The van der Waals surface area contributed by atoms with Crippen molar-refractivity contribution < 1.29 is 13.9 Å². The van der Waals surface area contributed by atoms with Crippen LogP contribution < -0.4 is 0 Å². The zero-order chi connectivity index (χ0) is 13.1. The van der Waals surface area contributed by atoms with E-state index >= 15 is 0 Å². The normalized spacial score (nSPS) is 12.7. The largest absolute Gasteiger partial charge is 0.388 e. The lowest BCUT2D eigenvalue weighted by atomic mass is 10.0. The molecule has 3 nitrogen and oxygen atoms in total. The minimum atomic E-state index is -1.16. The van der Waals surface area contributed by atoms with Crippen molar-refractivity contribution in [2.75, 3.05) is 0 Å². The standard InChI is InChI=1S/C13H14F2N2O/c1-17-8-7-16-12(17)6-5-11(18)13-9(14)3-2-4-10(13)15/h2-4,7-8,11,18H,5-6H2,1H3. The van der Waals surface area contributed by atoms with Gasteiger partial charge in [-0.15, -0.1) is 0 Å². The van der Waals surface area contributed by atoms with Crippen molar-refractivity contribution in [2.45, 2.75) is 18.9 Å². The smallest absolute Gasteiger partial charge is 0.131 e. The van der Waals surface area contributed by atoms with E-state index in [1.807, 2.05) is 11.6 Å². The lowest BCUT2D eigenvalue weighted by molar-refractivity contribution is 0.157. The fourth-order valence-electron chi connectivity index (χ4n) is 1.88. The molecule has 18 heavy (non-hydrogen) atoms. The molecule has 0 amide bonds. The van der Waals surface area contributed by atoms with Gasteiger partial charge in [0.05, 0.1) is 11.7 Å². The fourth-order valence-corrected chi connectivity index (χ4v) is 1.88. The Morgan fingerprint density at radius 1 is 1.33 bits per heavy atom. The summed E-state index contributed by atoms with van der Waals surface area (Å²) in [7, 11) is 1.83. The van der Waals surface area contributed by atoms with Gasteiger partial charge in [-0.1, -0.05) is 6.07 Å². The maximum absolute atomic E-state index is 13.4. The van der Waals surface area contributed by atoms with E-state index in [-0.39, 0.29) is 12.0 Å². The molecule has 0 aliphatic heterocycles. The van der Waals surface area contributed by atoms with E-state index in [0.29, 0.717) is 6.42 Å². The monoisotopic (exact) mass is 252 g/mol. The number of aryl methyl sites for hydroxylation is 2. The van der Waals surface area contributed by atoms with E-state index in [9.17, 15) is 13.9 Å². The van der Waals surface area contributed by atoms with E-state index in [4.69, 9.17) is 0 Å². The molecule has 1 heterocycles. The van der Waals surface area contributed by atoms with Crippen LogP contribution in [0.4, 0.5) is 8.78 Å². The summed E-state index contributed by atoms with van der Waals surface area (Å²) >= 11 is 0. The Balaban J connectivity index is 2.08. The van der Waals surface area contributed by atoms with E-state index in [0.717, 1.165) is 18.0 Å². The maximum atomic E-state index is 13.4. The predicted octanol–water partition coefficient (Wildman–Crippen LogP) is 2.36. The number of imidazole rings is 1.